The van der Waals surface area contributed by atoms with Crippen molar-refractivity contribution in [2.45, 2.75) is 19.9 Å². The number of para-hydroxylation sites is 1. The van der Waals surface area contributed by atoms with Crippen molar-refractivity contribution in [3.63, 3.8) is 0 Å². The number of aromatic nitrogens is 4. The van der Waals surface area contributed by atoms with Gasteiger partial charge in [0.1, 0.15) is 18.5 Å². The van der Waals surface area contributed by atoms with Crippen molar-refractivity contribution in [1.29, 1.82) is 0 Å². The number of rotatable bonds is 5. The van der Waals surface area contributed by atoms with Crippen LogP contribution in [0, 0.1) is 12.7 Å². The Morgan fingerprint density at radius 2 is 2.04 bits per heavy atom. The molecule has 27 heavy (non-hydrogen) atoms. The predicted octanol–water partition coefficient (Wildman–Crippen LogP) is 3.06. The van der Waals surface area contributed by atoms with Crippen molar-refractivity contribution < 1.29 is 9.18 Å². The van der Waals surface area contributed by atoms with Crippen molar-refractivity contribution >= 4 is 16.8 Å². The van der Waals surface area contributed by atoms with Crippen molar-refractivity contribution in [2.24, 2.45) is 0 Å². The van der Waals surface area contributed by atoms with Crippen LogP contribution < -0.4 is 5.32 Å². The maximum absolute atomic E-state index is 13.9. The second-order valence-corrected chi connectivity index (χ2v) is 6.35. The van der Waals surface area contributed by atoms with Gasteiger partial charge in [-0.1, -0.05) is 24.3 Å². The van der Waals surface area contributed by atoms with E-state index in [0.717, 1.165) is 27.9 Å². The van der Waals surface area contributed by atoms with E-state index in [4.69, 9.17) is 0 Å². The minimum Gasteiger partial charge on any atom is -0.356 e. The average Bonchev–Trinajstić information content (AvgIpc) is 3.31. The maximum Gasteiger partial charge on any atom is 0.224 e. The van der Waals surface area contributed by atoms with Crippen LogP contribution in [0.1, 0.15) is 16.8 Å². The van der Waals surface area contributed by atoms with E-state index < -0.39 is 0 Å². The number of halogens is 1. The molecular weight excluding hydrogens is 345 g/mol. The monoisotopic (exact) mass is 363 g/mol. The number of hydrogen-bond donors (Lipinski definition) is 2. The minimum absolute atomic E-state index is 0.108. The molecule has 0 saturated carbocycles. The summed E-state index contributed by atoms with van der Waals surface area (Å²) in [5.74, 6) is -0.418. The van der Waals surface area contributed by atoms with Crippen LogP contribution in [0.5, 0.6) is 0 Å². The lowest BCUT2D eigenvalue weighted by Crippen LogP contribution is -2.24. The molecule has 0 aliphatic rings. The smallest absolute Gasteiger partial charge is 0.224 e. The largest absolute Gasteiger partial charge is 0.356 e. The van der Waals surface area contributed by atoms with Crippen LogP contribution in [0.15, 0.2) is 55.1 Å². The van der Waals surface area contributed by atoms with Gasteiger partial charge >= 0.3 is 0 Å². The zero-order valence-corrected chi connectivity index (χ0v) is 14.7. The molecular formula is C20H18FN5O. The van der Waals surface area contributed by atoms with Gasteiger partial charge < -0.3 is 10.3 Å². The van der Waals surface area contributed by atoms with Gasteiger partial charge in [0.2, 0.25) is 5.91 Å². The number of carbonyl (C=O) groups is 1. The molecule has 0 atom stereocenters. The van der Waals surface area contributed by atoms with Gasteiger partial charge in [-0.05, 0) is 36.2 Å². The Morgan fingerprint density at radius 3 is 2.78 bits per heavy atom. The molecule has 0 unspecified atom stereocenters. The molecule has 0 fully saturated rings. The quantitative estimate of drug-likeness (QED) is 0.572. The Kier molecular flexibility index (Phi) is 4.42. The standard InChI is InChI=1S/C20H18FN5O/c1-13-17(16-3-2-4-18(21)20(16)25-13)9-19(27)23-10-14-5-7-15(8-6-14)26-12-22-11-24-26/h2-8,11-12,25H,9-10H2,1H3,(H,23,27). The molecule has 0 saturated heterocycles. The molecule has 7 heteroatoms. The molecule has 0 bridgehead atoms. The average molecular weight is 363 g/mol. The van der Waals surface area contributed by atoms with Crippen LogP contribution in [0.3, 0.4) is 0 Å². The van der Waals surface area contributed by atoms with Crippen LogP contribution in [-0.2, 0) is 17.8 Å². The van der Waals surface area contributed by atoms with Crippen molar-refractivity contribution in [3.8, 4) is 5.69 Å². The lowest BCUT2D eigenvalue weighted by atomic mass is 10.1. The second kappa shape index (κ2) is 7.03. The highest BCUT2D eigenvalue weighted by Crippen LogP contribution is 2.24. The molecule has 0 spiro atoms. The summed E-state index contributed by atoms with van der Waals surface area (Å²) in [4.78, 5) is 19.3. The molecule has 4 aromatic rings. The van der Waals surface area contributed by atoms with Gasteiger partial charge in [0.05, 0.1) is 17.6 Å². The number of hydrogen-bond acceptors (Lipinski definition) is 3. The van der Waals surface area contributed by atoms with E-state index in [0.29, 0.717) is 12.1 Å². The van der Waals surface area contributed by atoms with Gasteiger partial charge in [0.15, 0.2) is 0 Å². The van der Waals surface area contributed by atoms with E-state index in [1.807, 2.05) is 37.3 Å². The molecule has 4 rings (SSSR count). The predicted molar refractivity (Wildman–Crippen MR) is 99.9 cm³/mol. The second-order valence-electron chi connectivity index (χ2n) is 6.35. The Morgan fingerprint density at radius 1 is 1.22 bits per heavy atom. The van der Waals surface area contributed by atoms with E-state index in [-0.39, 0.29) is 18.1 Å². The lowest BCUT2D eigenvalue weighted by Gasteiger charge is -2.07. The summed E-state index contributed by atoms with van der Waals surface area (Å²) >= 11 is 0. The van der Waals surface area contributed by atoms with E-state index in [1.165, 1.54) is 12.4 Å². The summed E-state index contributed by atoms with van der Waals surface area (Å²) in [7, 11) is 0. The fourth-order valence-corrected chi connectivity index (χ4v) is 3.13. The third kappa shape index (κ3) is 3.44. The third-order valence-corrected chi connectivity index (χ3v) is 4.55. The highest BCUT2D eigenvalue weighted by Gasteiger charge is 2.14. The van der Waals surface area contributed by atoms with Crippen molar-refractivity contribution in [1.82, 2.24) is 25.1 Å². The first-order valence-electron chi connectivity index (χ1n) is 8.58. The Labute approximate surface area is 155 Å². The topological polar surface area (TPSA) is 75.6 Å². The Balaban J connectivity index is 1.42. The molecule has 0 radical (unpaired) electrons. The molecule has 2 N–H and O–H groups in total. The first kappa shape index (κ1) is 17.0. The van der Waals surface area contributed by atoms with E-state index >= 15 is 0 Å². The zero-order chi connectivity index (χ0) is 18.8. The number of carbonyl (C=O) groups excluding carboxylic acids is 1. The fourth-order valence-electron chi connectivity index (χ4n) is 3.13. The summed E-state index contributed by atoms with van der Waals surface area (Å²) in [6, 6.07) is 12.6. The molecule has 2 aromatic carbocycles. The number of nitrogens with zero attached hydrogens (tertiary/aromatic N) is 3. The van der Waals surface area contributed by atoms with Gasteiger partial charge in [-0.15, -0.1) is 0 Å². The molecule has 1 amide bonds. The summed E-state index contributed by atoms with van der Waals surface area (Å²) in [5, 5.41) is 7.74. The van der Waals surface area contributed by atoms with Crippen LogP contribution in [-0.4, -0.2) is 25.7 Å². The first-order chi connectivity index (χ1) is 13.1. The van der Waals surface area contributed by atoms with Crippen molar-refractivity contribution in [3.05, 3.63) is 77.8 Å². The summed E-state index contributed by atoms with van der Waals surface area (Å²) in [5.41, 5.74) is 3.96. The highest BCUT2D eigenvalue weighted by molar-refractivity contribution is 5.90. The molecule has 136 valence electrons. The Bertz CT molecular complexity index is 1080. The van der Waals surface area contributed by atoms with E-state index in [1.54, 1.807) is 17.1 Å². The molecule has 0 aliphatic heterocycles. The Hall–Kier alpha value is -3.48. The summed E-state index contributed by atoms with van der Waals surface area (Å²) in [6.07, 6.45) is 3.31. The molecule has 2 aromatic heterocycles. The van der Waals surface area contributed by atoms with Gasteiger partial charge in [-0.2, -0.15) is 5.10 Å². The molecule has 6 nitrogen and oxygen atoms in total. The maximum atomic E-state index is 13.9. The zero-order valence-electron chi connectivity index (χ0n) is 14.7. The van der Waals surface area contributed by atoms with Crippen LogP contribution in [0.25, 0.3) is 16.6 Å². The van der Waals surface area contributed by atoms with Crippen LogP contribution in [0.4, 0.5) is 4.39 Å². The van der Waals surface area contributed by atoms with E-state index in [2.05, 4.69) is 20.4 Å². The number of fused-ring (bicyclic) bond motifs is 1. The summed E-state index contributed by atoms with van der Waals surface area (Å²) in [6.45, 7) is 2.27. The van der Waals surface area contributed by atoms with Crippen LogP contribution >= 0.6 is 0 Å². The number of H-pyrrole nitrogens is 1. The molecule has 2 heterocycles. The number of aromatic amines is 1. The number of aryl methyl sites for hydroxylation is 1. The SMILES string of the molecule is Cc1[nH]c2c(F)cccc2c1CC(=O)NCc1ccc(-n2cncn2)cc1. The van der Waals surface area contributed by atoms with E-state index in [9.17, 15) is 9.18 Å². The first-order valence-corrected chi connectivity index (χ1v) is 8.58. The number of nitrogens with one attached hydrogen (secondary N) is 2. The molecule has 0 aliphatic carbocycles. The van der Waals surface area contributed by atoms with Gasteiger partial charge in [0.25, 0.3) is 0 Å². The normalized spacial score (nSPS) is 11.0. The van der Waals surface area contributed by atoms with Gasteiger partial charge in [-0.3, -0.25) is 4.79 Å². The van der Waals surface area contributed by atoms with Crippen molar-refractivity contribution in [2.75, 3.05) is 0 Å². The van der Waals surface area contributed by atoms with Gasteiger partial charge in [0, 0.05) is 17.6 Å². The highest BCUT2D eigenvalue weighted by atomic mass is 19.1. The summed E-state index contributed by atoms with van der Waals surface area (Å²) < 4.78 is 15.5. The number of benzene rings is 2. The van der Waals surface area contributed by atoms with Crippen LogP contribution in [0.2, 0.25) is 0 Å². The third-order valence-electron chi connectivity index (χ3n) is 4.55. The fraction of sp³-hybridized carbons (Fsp3) is 0.150. The lowest BCUT2D eigenvalue weighted by molar-refractivity contribution is -0.120. The number of amides is 1. The van der Waals surface area contributed by atoms with Gasteiger partial charge in [-0.25, -0.2) is 14.1 Å². The minimum atomic E-state index is -0.310.